The van der Waals surface area contributed by atoms with E-state index in [0.29, 0.717) is 5.92 Å². The summed E-state index contributed by atoms with van der Waals surface area (Å²) in [4.78, 5) is 4.57. The van der Waals surface area contributed by atoms with Crippen LogP contribution < -0.4 is 10.1 Å². The third-order valence-electron chi connectivity index (χ3n) is 3.60. The van der Waals surface area contributed by atoms with Crippen LogP contribution in [0.2, 0.25) is 0 Å². The fraction of sp³-hybridized carbons (Fsp3) is 0.409. The molecule has 1 N–H and O–H groups in total. The summed E-state index contributed by atoms with van der Waals surface area (Å²) >= 11 is 0. The molecule has 0 unspecified atom stereocenters. The highest BCUT2D eigenvalue weighted by atomic mass is 16.5. The van der Waals surface area contributed by atoms with Crippen LogP contribution in [0.3, 0.4) is 0 Å². The molecule has 0 saturated heterocycles. The van der Waals surface area contributed by atoms with Crippen molar-refractivity contribution in [2.45, 2.75) is 41.5 Å². The van der Waals surface area contributed by atoms with Crippen molar-refractivity contribution in [3.63, 3.8) is 0 Å². The Morgan fingerprint density at radius 1 is 1.28 bits per heavy atom. The standard InChI is InChI=1S/C22H32N2O/c1-9-23-19(8)20-10-11-21(17(6)12-20)25-22(16(4)5)13-18(7)24-14-15(2)3/h10-13,15,23H,4,8-9,14H2,1-3,5-7H3/b22-13+,24-18-. The molecule has 0 radical (unpaired) electrons. The van der Waals surface area contributed by atoms with Crippen molar-refractivity contribution in [2.24, 2.45) is 10.9 Å². The van der Waals surface area contributed by atoms with E-state index in [1.54, 1.807) is 0 Å². The molecule has 136 valence electrons. The molecule has 0 atom stereocenters. The van der Waals surface area contributed by atoms with E-state index in [1.807, 2.05) is 39.0 Å². The van der Waals surface area contributed by atoms with E-state index in [0.717, 1.165) is 52.7 Å². The predicted molar refractivity (Wildman–Crippen MR) is 110 cm³/mol. The van der Waals surface area contributed by atoms with Crippen LogP contribution in [0, 0.1) is 12.8 Å². The van der Waals surface area contributed by atoms with Crippen LogP contribution >= 0.6 is 0 Å². The molecular formula is C22H32N2O. The lowest BCUT2D eigenvalue weighted by Gasteiger charge is -2.15. The number of hydrogen-bond donors (Lipinski definition) is 1. The average Bonchev–Trinajstić information content (AvgIpc) is 2.53. The highest BCUT2D eigenvalue weighted by Gasteiger charge is 2.08. The Bertz CT molecular complexity index is 681. The summed E-state index contributed by atoms with van der Waals surface area (Å²) in [5.74, 6) is 2.10. The molecule has 0 fully saturated rings. The quantitative estimate of drug-likeness (QED) is 0.364. The largest absolute Gasteiger partial charge is 0.457 e. The average molecular weight is 341 g/mol. The molecule has 25 heavy (non-hydrogen) atoms. The van der Waals surface area contributed by atoms with E-state index in [2.05, 4.69) is 50.3 Å². The first-order chi connectivity index (χ1) is 11.7. The minimum atomic E-state index is 0.539. The minimum absolute atomic E-state index is 0.539. The van der Waals surface area contributed by atoms with Gasteiger partial charge in [-0.1, -0.05) is 27.0 Å². The number of aryl methyl sites for hydroxylation is 1. The topological polar surface area (TPSA) is 33.6 Å². The molecule has 0 bridgehead atoms. The van der Waals surface area contributed by atoms with Crippen molar-refractivity contribution in [3.8, 4) is 5.75 Å². The lowest BCUT2D eigenvalue weighted by Crippen LogP contribution is -2.10. The summed E-state index contributed by atoms with van der Waals surface area (Å²) in [6, 6.07) is 6.07. The Balaban J connectivity index is 3.01. The maximum Gasteiger partial charge on any atom is 0.131 e. The van der Waals surface area contributed by atoms with Gasteiger partial charge in [-0.3, -0.25) is 4.99 Å². The third kappa shape index (κ3) is 7.00. The molecule has 1 aromatic carbocycles. The van der Waals surface area contributed by atoms with Gasteiger partial charge in [0.2, 0.25) is 0 Å². The minimum Gasteiger partial charge on any atom is -0.457 e. The fourth-order valence-electron chi connectivity index (χ4n) is 2.19. The highest BCUT2D eigenvalue weighted by molar-refractivity contribution is 5.93. The number of aliphatic imine (C=N–C) groups is 1. The van der Waals surface area contributed by atoms with Crippen LogP contribution in [-0.2, 0) is 0 Å². The molecular weight excluding hydrogens is 308 g/mol. The van der Waals surface area contributed by atoms with Crippen LogP contribution in [0.1, 0.15) is 45.7 Å². The van der Waals surface area contributed by atoms with E-state index >= 15 is 0 Å². The van der Waals surface area contributed by atoms with E-state index in [9.17, 15) is 0 Å². The second-order valence-corrected chi connectivity index (χ2v) is 6.76. The van der Waals surface area contributed by atoms with E-state index in [-0.39, 0.29) is 0 Å². The summed E-state index contributed by atoms with van der Waals surface area (Å²) < 4.78 is 6.11. The Hall–Kier alpha value is -2.29. The molecule has 0 heterocycles. The van der Waals surface area contributed by atoms with Crippen molar-refractivity contribution in [3.05, 3.63) is 59.9 Å². The van der Waals surface area contributed by atoms with Crippen molar-refractivity contribution >= 4 is 11.4 Å². The van der Waals surface area contributed by atoms with Gasteiger partial charge in [0, 0.05) is 30.6 Å². The van der Waals surface area contributed by atoms with Crippen LogP contribution in [-0.4, -0.2) is 18.8 Å². The Morgan fingerprint density at radius 2 is 1.96 bits per heavy atom. The van der Waals surface area contributed by atoms with Gasteiger partial charge in [0.05, 0.1) is 0 Å². The first-order valence-electron chi connectivity index (χ1n) is 8.84. The van der Waals surface area contributed by atoms with Gasteiger partial charge in [-0.05, 0) is 68.5 Å². The number of nitrogens with zero attached hydrogens (tertiary/aromatic N) is 1. The lowest BCUT2D eigenvalue weighted by atomic mass is 10.1. The SMILES string of the molecule is C=C(C)/C(=C\C(C)=N/CC(C)C)Oc1ccc(C(=C)NCC)cc1C. The highest BCUT2D eigenvalue weighted by Crippen LogP contribution is 2.25. The number of rotatable bonds is 9. The zero-order chi connectivity index (χ0) is 19.0. The first-order valence-corrected chi connectivity index (χ1v) is 8.84. The molecule has 0 saturated carbocycles. The molecule has 1 aromatic rings. The summed E-state index contributed by atoms with van der Waals surface area (Å²) in [6.45, 7) is 22.1. The third-order valence-corrected chi connectivity index (χ3v) is 3.60. The molecule has 0 aliphatic heterocycles. The van der Waals surface area contributed by atoms with Crippen LogP contribution in [0.4, 0.5) is 0 Å². The summed E-state index contributed by atoms with van der Waals surface area (Å²) in [5, 5.41) is 3.24. The Kier molecular flexibility index (Phi) is 8.20. The molecule has 0 aliphatic rings. The zero-order valence-corrected chi connectivity index (χ0v) is 16.6. The molecule has 0 spiro atoms. The predicted octanol–water partition coefficient (Wildman–Crippen LogP) is 5.53. The van der Waals surface area contributed by atoms with E-state index in [4.69, 9.17) is 4.74 Å². The molecule has 3 heteroatoms. The van der Waals surface area contributed by atoms with Gasteiger partial charge in [-0.15, -0.1) is 0 Å². The van der Waals surface area contributed by atoms with Gasteiger partial charge >= 0.3 is 0 Å². The van der Waals surface area contributed by atoms with E-state index in [1.165, 1.54) is 0 Å². The first kappa shape index (κ1) is 20.8. The number of nitrogens with one attached hydrogen (secondary N) is 1. The van der Waals surface area contributed by atoms with Crippen molar-refractivity contribution in [2.75, 3.05) is 13.1 Å². The summed E-state index contributed by atoms with van der Waals surface area (Å²) in [6.07, 6.45) is 1.95. The number of allylic oxidation sites excluding steroid dienone is 2. The number of hydrogen-bond acceptors (Lipinski definition) is 3. The Labute approximate surface area is 153 Å². The van der Waals surface area contributed by atoms with E-state index < -0.39 is 0 Å². The summed E-state index contributed by atoms with van der Waals surface area (Å²) in [7, 11) is 0. The molecule has 0 aromatic heterocycles. The fourth-order valence-corrected chi connectivity index (χ4v) is 2.19. The number of ether oxygens (including phenoxy) is 1. The van der Waals surface area contributed by atoms with Gasteiger partial charge < -0.3 is 10.1 Å². The molecule has 0 amide bonds. The van der Waals surface area contributed by atoms with Crippen LogP contribution in [0.15, 0.2) is 53.8 Å². The maximum absolute atomic E-state index is 6.11. The maximum atomic E-state index is 6.11. The monoisotopic (exact) mass is 340 g/mol. The van der Waals surface area contributed by atoms with Crippen LogP contribution in [0.5, 0.6) is 5.75 Å². The zero-order valence-electron chi connectivity index (χ0n) is 16.6. The van der Waals surface area contributed by atoms with Crippen molar-refractivity contribution < 1.29 is 4.74 Å². The van der Waals surface area contributed by atoms with Crippen molar-refractivity contribution in [1.29, 1.82) is 0 Å². The normalized spacial score (nSPS) is 12.3. The van der Waals surface area contributed by atoms with Gasteiger partial charge in [0.1, 0.15) is 11.5 Å². The lowest BCUT2D eigenvalue weighted by molar-refractivity contribution is 0.434. The van der Waals surface area contributed by atoms with Gasteiger partial charge in [-0.2, -0.15) is 0 Å². The molecule has 0 aliphatic carbocycles. The van der Waals surface area contributed by atoms with Gasteiger partial charge in [0.25, 0.3) is 0 Å². The Morgan fingerprint density at radius 3 is 2.48 bits per heavy atom. The second kappa shape index (κ2) is 9.87. The second-order valence-electron chi connectivity index (χ2n) is 6.76. The molecule has 3 nitrogen and oxygen atoms in total. The van der Waals surface area contributed by atoms with Gasteiger partial charge in [-0.25, -0.2) is 0 Å². The number of benzene rings is 1. The molecule has 1 rings (SSSR count). The summed E-state index contributed by atoms with van der Waals surface area (Å²) in [5.41, 5.74) is 4.87. The van der Waals surface area contributed by atoms with Crippen LogP contribution in [0.25, 0.3) is 5.70 Å². The van der Waals surface area contributed by atoms with Gasteiger partial charge in [0.15, 0.2) is 0 Å². The smallest absolute Gasteiger partial charge is 0.131 e. The van der Waals surface area contributed by atoms with Crippen molar-refractivity contribution in [1.82, 2.24) is 5.32 Å².